The highest BCUT2D eigenvalue weighted by Crippen LogP contribution is 2.36. The Morgan fingerprint density at radius 3 is 2.08 bits per heavy atom. The zero-order valence-electron chi connectivity index (χ0n) is 14.5. The molecule has 0 saturated carbocycles. The Morgan fingerprint density at radius 2 is 1.56 bits per heavy atom. The molecule has 0 radical (unpaired) electrons. The van der Waals surface area contributed by atoms with Crippen LogP contribution in [0.25, 0.3) is 0 Å². The van der Waals surface area contributed by atoms with E-state index in [-0.39, 0.29) is 5.91 Å². The topological polar surface area (TPSA) is 66.0 Å². The quantitative estimate of drug-likeness (QED) is 0.815. The van der Waals surface area contributed by atoms with Crippen molar-refractivity contribution in [1.82, 2.24) is 5.32 Å². The van der Waals surface area contributed by atoms with E-state index in [1.165, 1.54) is 20.3 Å². The van der Waals surface area contributed by atoms with Crippen LogP contribution in [0.15, 0.2) is 30.3 Å². The van der Waals surface area contributed by atoms with Crippen LogP contribution in [0.4, 0.5) is 0 Å². The van der Waals surface area contributed by atoms with Gasteiger partial charge < -0.3 is 24.3 Å². The molecule has 0 aliphatic rings. The first-order valence-corrected chi connectivity index (χ1v) is 7.81. The Bertz CT molecular complexity index is 741. The van der Waals surface area contributed by atoms with Crippen molar-refractivity contribution in [1.29, 1.82) is 0 Å². The molecule has 0 aliphatic carbocycles. The van der Waals surface area contributed by atoms with Gasteiger partial charge in [-0.15, -0.1) is 0 Å². The van der Waals surface area contributed by atoms with E-state index in [0.717, 1.165) is 5.56 Å². The van der Waals surface area contributed by atoms with Gasteiger partial charge in [-0.25, -0.2) is 0 Å². The zero-order valence-corrected chi connectivity index (χ0v) is 15.3. The van der Waals surface area contributed by atoms with Crippen molar-refractivity contribution in [2.75, 3.05) is 28.4 Å². The van der Waals surface area contributed by atoms with Gasteiger partial charge in [-0.1, -0.05) is 11.6 Å². The molecule has 2 aromatic rings. The molecule has 0 atom stereocenters. The summed E-state index contributed by atoms with van der Waals surface area (Å²) in [5.41, 5.74) is 1.22. The summed E-state index contributed by atoms with van der Waals surface area (Å²) in [6.07, 6.45) is 0. The summed E-state index contributed by atoms with van der Waals surface area (Å²) in [7, 11) is 6.11. The molecule has 25 heavy (non-hydrogen) atoms. The molecule has 0 saturated heterocycles. The molecular weight excluding hydrogens is 346 g/mol. The maximum absolute atomic E-state index is 12.4. The van der Waals surface area contributed by atoms with Crippen LogP contribution in [-0.4, -0.2) is 34.3 Å². The number of carbonyl (C=O) groups excluding carboxylic acids is 1. The lowest BCUT2D eigenvalue weighted by Crippen LogP contribution is -2.23. The van der Waals surface area contributed by atoms with Gasteiger partial charge in [0.15, 0.2) is 11.5 Å². The predicted octanol–water partition coefficient (Wildman–Crippen LogP) is 3.30. The molecule has 0 fully saturated rings. The van der Waals surface area contributed by atoms with Gasteiger partial charge in [0.2, 0.25) is 0 Å². The number of rotatable bonds is 7. The second kappa shape index (κ2) is 8.48. The molecule has 6 nitrogen and oxygen atoms in total. The van der Waals surface area contributed by atoms with E-state index in [0.29, 0.717) is 40.1 Å². The summed E-state index contributed by atoms with van der Waals surface area (Å²) >= 11 is 6.14. The van der Waals surface area contributed by atoms with Gasteiger partial charge in [0, 0.05) is 18.2 Å². The summed E-state index contributed by atoms with van der Waals surface area (Å²) in [6, 6.07) is 8.52. The lowest BCUT2D eigenvalue weighted by atomic mass is 10.1. The molecule has 2 aromatic carbocycles. The van der Waals surface area contributed by atoms with E-state index in [2.05, 4.69) is 5.32 Å². The number of hydrogen-bond donors (Lipinski definition) is 1. The Labute approximate surface area is 151 Å². The number of nitrogens with one attached hydrogen (secondary N) is 1. The number of halogens is 1. The Balaban J connectivity index is 2.17. The first kappa shape index (κ1) is 18.7. The van der Waals surface area contributed by atoms with Crippen molar-refractivity contribution in [2.45, 2.75) is 6.54 Å². The average Bonchev–Trinajstić information content (AvgIpc) is 2.64. The Kier molecular flexibility index (Phi) is 6.36. The number of amides is 1. The smallest absolute Gasteiger partial charge is 0.251 e. The van der Waals surface area contributed by atoms with E-state index in [1.807, 2.05) is 12.1 Å². The highest BCUT2D eigenvalue weighted by molar-refractivity contribution is 6.32. The van der Waals surface area contributed by atoms with E-state index >= 15 is 0 Å². The van der Waals surface area contributed by atoms with Crippen LogP contribution in [-0.2, 0) is 6.54 Å². The molecule has 134 valence electrons. The van der Waals surface area contributed by atoms with Gasteiger partial charge in [-0.05, 0) is 29.8 Å². The van der Waals surface area contributed by atoms with Crippen LogP contribution in [0.3, 0.4) is 0 Å². The van der Waals surface area contributed by atoms with Crippen LogP contribution in [0.2, 0.25) is 5.02 Å². The Morgan fingerprint density at radius 1 is 0.920 bits per heavy atom. The predicted molar refractivity (Wildman–Crippen MR) is 95.3 cm³/mol. The maximum atomic E-state index is 12.4. The summed E-state index contributed by atoms with van der Waals surface area (Å²) in [6.45, 7) is 0.304. The van der Waals surface area contributed by atoms with Gasteiger partial charge in [0.05, 0.1) is 33.5 Å². The van der Waals surface area contributed by atoms with Gasteiger partial charge in [-0.3, -0.25) is 4.79 Å². The number of methoxy groups -OCH3 is 4. The summed E-state index contributed by atoms with van der Waals surface area (Å²) < 4.78 is 20.8. The average molecular weight is 366 g/mol. The third-order valence-electron chi connectivity index (χ3n) is 3.56. The van der Waals surface area contributed by atoms with Crippen molar-refractivity contribution in [3.63, 3.8) is 0 Å². The van der Waals surface area contributed by atoms with E-state index in [1.54, 1.807) is 26.4 Å². The Hall–Kier alpha value is -2.60. The standard InChI is InChI=1S/C18H20ClNO5/c1-22-13-5-11(6-14(9-13)23-2)10-20-18(21)12-7-15(19)17(25-4)16(8-12)24-3/h5-9H,10H2,1-4H3,(H,20,21). The summed E-state index contributed by atoms with van der Waals surface area (Å²) in [5, 5.41) is 3.13. The monoisotopic (exact) mass is 365 g/mol. The minimum Gasteiger partial charge on any atom is -0.497 e. The third kappa shape index (κ3) is 4.48. The number of hydrogen-bond acceptors (Lipinski definition) is 5. The summed E-state index contributed by atoms with van der Waals surface area (Å²) in [5.74, 6) is 1.79. The molecular formula is C18H20ClNO5. The molecule has 0 spiro atoms. The summed E-state index contributed by atoms with van der Waals surface area (Å²) in [4.78, 5) is 12.4. The van der Waals surface area contributed by atoms with E-state index in [9.17, 15) is 4.79 Å². The molecule has 0 aromatic heterocycles. The van der Waals surface area contributed by atoms with Crippen molar-refractivity contribution < 1.29 is 23.7 Å². The number of benzene rings is 2. The molecule has 0 bridgehead atoms. The normalized spacial score (nSPS) is 10.1. The molecule has 0 aliphatic heterocycles. The van der Waals surface area contributed by atoms with Crippen LogP contribution in [0, 0.1) is 0 Å². The van der Waals surface area contributed by atoms with Gasteiger partial charge in [0.25, 0.3) is 5.91 Å². The van der Waals surface area contributed by atoms with Crippen molar-refractivity contribution in [3.05, 3.63) is 46.5 Å². The van der Waals surface area contributed by atoms with Crippen molar-refractivity contribution in [3.8, 4) is 23.0 Å². The van der Waals surface area contributed by atoms with Crippen molar-refractivity contribution >= 4 is 17.5 Å². The first-order chi connectivity index (χ1) is 12.0. The molecule has 1 amide bonds. The zero-order chi connectivity index (χ0) is 18.4. The van der Waals surface area contributed by atoms with Crippen LogP contribution >= 0.6 is 11.6 Å². The number of carbonyl (C=O) groups is 1. The molecule has 0 heterocycles. The van der Waals surface area contributed by atoms with Crippen LogP contribution in [0.1, 0.15) is 15.9 Å². The molecule has 7 heteroatoms. The van der Waals surface area contributed by atoms with Crippen LogP contribution in [0.5, 0.6) is 23.0 Å². The van der Waals surface area contributed by atoms with Gasteiger partial charge >= 0.3 is 0 Å². The highest BCUT2D eigenvalue weighted by atomic mass is 35.5. The lowest BCUT2D eigenvalue weighted by molar-refractivity contribution is 0.0950. The van der Waals surface area contributed by atoms with Gasteiger partial charge in [0.1, 0.15) is 11.5 Å². The second-order valence-electron chi connectivity index (χ2n) is 5.10. The number of ether oxygens (including phenoxy) is 4. The lowest BCUT2D eigenvalue weighted by Gasteiger charge is -2.12. The van der Waals surface area contributed by atoms with E-state index < -0.39 is 0 Å². The fourth-order valence-electron chi connectivity index (χ4n) is 2.30. The van der Waals surface area contributed by atoms with Crippen molar-refractivity contribution in [2.24, 2.45) is 0 Å². The maximum Gasteiger partial charge on any atom is 0.251 e. The molecule has 2 rings (SSSR count). The molecule has 1 N–H and O–H groups in total. The highest BCUT2D eigenvalue weighted by Gasteiger charge is 2.15. The van der Waals surface area contributed by atoms with Gasteiger partial charge in [-0.2, -0.15) is 0 Å². The fourth-order valence-corrected chi connectivity index (χ4v) is 2.59. The SMILES string of the molecule is COc1cc(CNC(=O)c2cc(Cl)c(OC)c(OC)c2)cc(OC)c1. The van der Waals surface area contributed by atoms with Crippen LogP contribution < -0.4 is 24.3 Å². The minimum absolute atomic E-state index is 0.287. The third-order valence-corrected chi connectivity index (χ3v) is 3.84. The van der Waals surface area contributed by atoms with E-state index in [4.69, 9.17) is 30.5 Å². The largest absolute Gasteiger partial charge is 0.497 e. The second-order valence-corrected chi connectivity index (χ2v) is 5.50. The fraction of sp³-hybridized carbons (Fsp3) is 0.278. The first-order valence-electron chi connectivity index (χ1n) is 7.44. The molecule has 0 unspecified atom stereocenters. The minimum atomic E-state index is -0.287.